The SMILES string of the molecule is Cc1ccsc1CNc1c(Cl)cnn(CC2CC2)c1=O. The fourth-order valence-electron chi connectivity index (χ4n) is 2.06. The van der Waals surface area contributed by atoms with Crippen molar-refractivity contribution in [2.24, 2.45) is 5.92 Å². The normalized spacial score (nSPS) is 14.5. The van der Waals surface area contributed by atoms with Crippen LogP contribution in [0.1, 0.15) is 23.3 Å². The molecule has 0 spiro atoms. The summed E-state index contributed by atoms with van der Waals surface area (Å²) in [4.78, 5) is 13.6. The Kier molecular flexibility index (Phi) is 3.81. The van der Waals surface area contributed by atoms with Gasteiger partial charge in [0.2, 0.25) is 0 Å². The Morgan fingerprint density at radius 1 is 1.55 bits per heavy atom. The standard InChI is InChI=1S/C14H16ClN3OS/c1-9-4-5-20-12(9)7-16-13-11(15)6-17-18(14(13)19)8-10-2-3-10/h4-6,10,16H,2-3,7-8H2,1H3. The number of thiophene rings is 1. The highest BCUT2D eigenvalue weighted by molar-refractivity contribution is 7.10. The van der Waals surface area contributed by atoms with Crippen molar-refractivity contribution in [2.75, 3.05) is 5.32 Å². The maximum Gasteiger partial charge on any atom is 0.291 e. The highest BCUT2D eigenvalue weighted by Crippen LogP contribution is 2.30. The lowest BCUT2D eigenvalue weighted by Crippen LogP contribution is -2.26. The van der Waals surface area contributed by atoms with E-state index in [9.17, 15) is 4.79 Å². The summed E-state index contributed by atoms with van der Waals surface area (Å²) in [6.45, 7) is 3.38. The number of aryl methyl sites for hydroxylation is 1. The van der Waals surface area contributed by atoms with Crippen molar-refractivity contribution in [3.63, 3.8) is 0 Å². The van der Waals surface area contributed by atoms with Gasteiger partial charge < -0.3 is 5.32 Å². The minimum absolute atomic E-state index is 0.126. The Hall–Kier alpha value is -1.33. The predicted molar refractivity (Wildman–Crippen MR) is 82.6 cm³/mol. The number of hydrogen-bond acceptors (Lipinski definition) is 4. The summed E-state index contributed by atoms with van der Waals surface area (Å²) in [6, 6.07) is 2.07. The minimum Gasteiger partial charge on any atom is -0.374 e. The Labute approximate surface area is 126 Å². The third-order valence-electron chi connectivity index (χ3n) is 3.52. The monoisotopic (exact) mass is 309 g/mol. The van der Waals surface area contributed by atoms with Crippen LogP contribution >= 0.6 is 22.9 Å². The summed E-state index contributed by atoms with van der Waals surface area (Å²) in [6.07, 6.45) is 3.93. The van der Waals surface area contributed by atoms with E-state index in [0.717, 1.165) is 0 Å². The number of aromatic nitrogens is 2. The van der Waals surface area contributed by atoms with E-state index in [4.69, 9.17) is 11.6 Å². The molecule has 106 valence electrons. The number of rotatable bonds is 5. The van der Waals surface area contributed by atoms with Crippen molar-refractivity contribution in [2.45, 2.75) is 32.9 Å². The summed E-state index contributed by atoms with van der Waals surface area (Å²) >= 11 is 7.77. The zero-order valence-electron chi connectivity index (χ0n) is 11.2. The average Bonchev–Trinajstić information content (AvgIpc) is 3.15. The fourth-order valence-corrected chi connectivity index (χ4v) is 3.09. The number of anilines is 1. The lowest BCUT2D eigenvalue weighted by molar-refractivity contribution is 0.534. The van der Waals surface area contributed by atoms with Crippen LogP contribution in [0.5, 0.6) is 0 Å². The smallest absolute Gasteiger partial charge is 0.291 e. The van der Waals surface area contributed by atoms with E-state index in [-0.39, 0.29) is 5.56 Å². The van der Waals surface area contributed by atoms with Gasteiger partial charge in [-0.1, -0.05) is 11.6 Å². The summed E-state index contributed by atoms with van der Waals surface area (Å²) in [5, 5.41) is 9.71. The molecule has 3 rings (SSSR count). The highest BCUT2D eigenvalue weighted by atomic mass is 35.5. The summed E-state index contributed by atoms with van der Waals surface area (Å²) in [7, 11) is 0. The Balaban J connectivity index is 1.80. The lowest BCUT2D eigenvalue weighted by atomic mass is 10.3. The minimum atomic E-state index is -0.126. The van der Waals surface area contributed by atoms with Crippen LogP contribution in [-0.4, -0.2) is 9.78 Å². The molecule has 1 aliphatic rings. The molecule has 0 atom stereocenters. The molecular weight excluding hydrogens is 294 g/mol. The molecule has 2 aromatic rings. The van der Waals surface area contributed by atoms with Crippen molar-refractivity contribution in [3.05, 3.63) is 43.5 Å². The van der Waals surface area contributed by atoms with Crippen LogP contribution in [-0.2, 0) is 13.1 Å². The highest BCUT2D eigenvalue weighted by Gasteiger charge is 2.23. The first-order valence-corrected chi connectivity index (χ1v) is 7.93. The van der Waals surface area contributed by atoms with Crippen molar-refractivity contribution in [1.29, 1.82) is 0 Å². The molecular formula is C14H16ClN3OS. The molecule has 0 aromatic carbocycles. The second-order valence-electron chi connectivity index (χ2n) is 5.18. The fraction of sp³-hybridized carbons (Fsp3) is 0.429. The van der Waals surface area contributed by atoms with Gasteiger partial charge in [0.25, 0.3) is 5.56 Å². The van der Waals surface area contributed by atoms with Crippen LogP contribution in [0.25, 0.3) is 0 Å². The van der Waals surface area contributed by atoms with Crippen molar-refractivity contribution < 1.29 is 0 Å². The maximum atomic E-state index is 12.4. The first kappa shape index (κ1) is 13.6. The molecule has 4 nitrogen and oxygen atoms in total. The number of nitrogens with zero attached hydrogens (tertiary/aromatic N) is 2. The van der Waals surface area contributed by atoms with E-state index in [2.05, 4.69) is 23.4 Å². The van der Waals surface area contributed by atoms with Gasteiger partial charge in [-0.25, -0.2) is 4.68 Å². The summed E-state index contributed by atoms with van der Waals surface area (Å²) in [5.41, 5.74) is 1.56. The molecule has 0 unspecified atom stereocenters. The lowest BCUT2D eigenvalue weighted by Gasteiger charge is -2.10. The van der Waals surface area contributed by atoms with E-state index in [1.54, 1.807) is 17.5 Å². The topological polar surface area (TPSA) is 46.9 Å². The van der Waals surface area contributed by atoms with Gasteiger partial charge in [-0.2, -0.15) is 5.10 Å². The Bertz CT molecular complexity index is 675. The summed E-state index contributed by atoms with van der Waals surface area (Å²) < 4.78 is 1.52. The number of hydrogen-bond donors (Lipinski definition) is 1. The van der Waals surface area contributed by atoms with Crippen LogP contribution in [0.4, 0.5) is 5.69 Å². The molecule has 6 heteroatoms. The largest absolute Gasteiger partial charge is 0.374 e. The molecule has 1 saturated carbocycles. The van der Waals surface area contributed by atoms with E-state index >= 15 is 0 Å². The van der Waals surface area contributed by atoms with E-state index < -0.39 is 0 Å². The molecule has 0 bridgehead atoms. The first-order valence-electron chi connectivity index (χ1n) is 6.67. The predicted octanol–water partition coefficient (Wildman–Crippen LogP) is 3.29. The zero-order valence-corrected chi connectivity index (χ0v) is 12.8. The van der Waals surface area contributed by atoms with Crippen molar-refractivity contribution in [3.8, 4) is 0 Å². The van der Waals surface area contributed by atoms with Gasteiger partial charge in [0.15, 0.2) is 0 Å². The second-order valence-corrected chi connectivity index (χ2v) is 6.59. The van der Waals surface area contributed by atoms with E-state index in [1.807, 2.05) is 5.38 Å². The molecule has 0 saturated heterocycles. The van der Waals surface area contributed by atoms with Crippen LogP contribution in [0, 0.1) is 12.8 Å². The molecule has 20 heavy (non-hydrogen) atoms. The van der Waals surface area contributed by atoms with Crippen LogP contribution < -0.4 is 10.9 Å². The maximum absolute atomic E-state index is 12.4. The zero-order chi connectivity index (χ0) is 14.1. The van der Waals surface area contributed by atoms with Crippen molar-refractivity contribution >= 4 is 28.6 Å². The van der Waals surface area contributed by atoms with Gasteiger partial charge in [0.05, 0.1) is 11.2 Å². The second kappa shape index (κ2) is 5.58. The molecule has 2 heterocycles. The van der Waals surface area contributed by atoms with E-state index in [1.165, 1.54) is 28.0 Å². The third-order valence-corrected chi connectivity index (χ3v) is 4.83. The number of halogens is 1. The van der Waals surface area contributed by atoms with Crippen LogP contribution in [0.3, 0.4) is 0 Å². The first-order chi connectivity index (χ1) is 9.65. The quantitative estimate of drug-likeness (QED) is 0.922. The van der Waals surface area contributed by atoms with Gasteiger partial charge >= 0.3 is 0 Å². The Morgan fingerprint density at radius 2 is 2.35 bits per heavy atom. The number of nitrogens with one attached hydrogen (secondary N) is 1. The van der Waals surface area contributed by atoms with Gasteiger partial charge in [0, 0.05) is 18.0 Å². The average molecular weight is 310 g/mol. The molecule has 1 fully saturated rings. The molecule has 0 radical (unpaired) electrons. The van der Waals surface area contributed by atoms with Crippen LogP contribution in [0.2, 0.25) is 5.02 Å². The molecule has 0 aliphatic heterocycles. The van der Waals surface area contributed by atoms with Gasteiger partial charge in [-0.3, -0.25) is 4.79 Å². The third kappa shape index (κ3) is 2.88. The van der Waals surface area contributed by atoms with Crippen molar-refractivity contribution in [1.82, 2.24) is 9.78 Å². The summed E-state index contributed by atoms with van der Waals surface area (Å²) in [5.74, 6) is 0.605. The molecule has 1 aliphatic carbocycles. The Morgan fingerprint density at radius 3 is 3.00 bits per heavy atom. The van der Waals surface area contributed by atoms with Crippen LogP contribution in [0.15, 0.2) is 22.4 Å². The van der Waals surface area contributed by atoms with E-state index in [0.29, 0.717) is 29.7 Å². The van der Waals surface area contributed by atoms with Gasteiger partial charge in [-0.15, -0.1) is 11.3 Å². The van der Waals surface area contributed by atoms with Gasteiger partial charge in [0.1, 0.15) is 5.69 Å². The molecule has 0 amide bonds. The molecule has 1 N–H and O–H groups in total. The van der Waals surface area contributed by atoms with Gasteiger partial charge in [-0.05, 0) is 42.7 Å². The molecule has 2 aromatic heterocycles.